The van der Waals surface area contributed by atoms with Gasteiger partial charge in [-0.1, -0.05) is 18.2 Å². The molecule has 0 radical (unpaired) electrons. The van der Waals surface area contributed by atoms with Gasteiger partial charge in [-0.15, -0.1) is 11.3 Å². The molecule has 0 fully saturated rings. The van der Waals surface area contributed by atoms with Crippen LogP contribution in [0.2, 0.25) is 0 Å². The number of rotatable bonds is 10. The topological polar surface area (TPSA) is 107 Å². The highest BCUT2D eigenvalue weighted by atomic mass is 32.2. The zero-order valence-electron chi connectivity index (χ0n) is 18.8. The Morgan fingerprint density at radius 3 is 2.26 bits per heavy atom. The molecule has 0 saturated heterocycles. The molecule has 3 aromatic carbocycles. The number of aromatic nitrogens is 1. The molecule has 1 amide bonds. The number of hydrogen-bond donors (Lipinski definition) is 2. The quantitative estimate of drug-likeness (QED) is 0.300. The van der Waals surface area contributed by atoms with E-state index in [1.165, 1.54) is 19.2 Å². The molecule has 0 bridgehead atoms. The molecule has 180 valence electrons. The fourth-order valence-corrected chi connectivity index (χ4v) is 5.09. The molecule has 10 heteroatoms. The van der Waals surface area contributed by atoms with Gasteiger partial charge in [0, 0.05) is 17.5 Å². The number of carbonyl (C=O) groups excluding carboxylic acids is 1. The van der Waals surface area contributed by atoms with Crippen molar-refractivity contribution in [3.63, 3.8) is 0 Å². The van der Waals surface area contributed by atoms with Crippen molar-refractivity contribution in [3.05, 3.63) is 89.9 Å². The van der Waals surface area contributed by atoms with Crippen LogP contribution >= 0.6 is 11.3 Å². The van der Waals surface area contributed by atoms with Crippen LogP contribution in [-0.4, -0.2) is 26.4 Å². The molecule has 0 aliphatic carbocycles. The molecule has 8 nitrogen and oxygen atoms in total. The number of thiazole rings is 1. The second kappa shape index (κ2) is 11.0. The zero-order chi connectivity index (χ0) is 24.7. The van der Waals surface area contributed by atoms with E-state index in [1.807, 2.05) is 30.3 Å². The highest BCUT2D eigenvalue weighted by molar-refractivity contribution is 7.93. The third-order valence-corrected chi connectivity index (χ3v) is 7.16. The lowest BCUT2D eigenvalue weighted by Gasteiger charge is -2.08. The van der Waals surface area contributed by atoms with Gasteiger partial charge < -0.3 is 14.8 Å². The van der Waals surface area contributed by atoms with Gasteiger partial charge >= 0.3 is 0 Å². The van der Waals surface area contributed by atoms with Crippen LogP contribution < -0.4 is 19.5 Å². The Bertz CT molecular complexity index is 1370. The first-order valence-electron chi connectivity index (χ1n) is 10.7. The largest absolute Gasteiger partial charge is 0.497 e. The normalized spacial score (nSPS) is 11.0. The molecule has 0 aliphatic rings. The summed E-state index contributed by atoms with van der Waals surface area (Å²) in [4.78, 5) is 16.7. The summed E-state index contributed by atoms with van der Waals surface area (Å²) in [7, 11) is -2.26. The van der Waals surface area contributed by atoms with Gasteiger partial charge in [-0.2, -0.15) is 0 Å². The summed E-state index contributed by atoms with van der Waals surface area (Å²) < 4.78 is 38.4. The van der Waals surface area contributed by atoms with Gasteiger partial charge in [0.25, 0.3) is 10.0 Å². The monoisotopic (exact) mass is 509 g/mol. The summed E-state index contributed by atoms with van der Waals surface area (Å²) in [6, 6.07) is 22.6. The summed E-state index contributed by atoms with van der Waals surface area (Å²) in [5, 5.41) is 4.81. The molecular weight excluding hydrogens is 486 g/mol. The SMILES string of the molecule is COc1ccc(S(=O)(=O)Nc2nc(CCC(=O)Nc3ccc(Oc4ccccc4)cc3)cs2)cc1. The average Bonchev–Trinajstić information content (AvgIpc) is 3.31. The summed E-state index contributed by atoms with van der Waals surface area (Å²) in [6.07, 6.45) is 0.582. The van der Waals surface area contributed by atoms with Crippen molar-refractivity contribution < 1.29 is 22.7 Å². The van der Waals surface area contributed by atoms with E-state index in [-0.39, 0.29) is 22.4 Å². The maximum absolute atomic E-state index is 12.5. The minimum absolute atomic E-state index is 0.106. The number of benzene rings is 3. The minimum atomic E-state index is -3.77. The molecule has 0 spiro atoms. The number of amides is 1. The van der Waals surface area contributed by atoms with Crippen molar-refractivity contribution in [3.8, 4) is 17.2 Å². The van der Waals surface area contributed by atoms with E-state index in [9.17, 15) is 13.2 Å². The first-order chi connectivity index (χ1) is 16.9. The van der Waals surface area contributed by atoms with Crippen LogP contribution in [0.5, 0.6) is 17.2 Å². The van der Waals surface area contributed by atoms with Gasteiger partial charge in [-0.05, 0) is 67.1 Å². The molecule has 1 heterocycles. The van der Waals surface area contributed by atoms with Gasteiger partial charge in [0.2, 0.25) is 5.91 Å². The molecule has 1 aromatic heterocycles. The molecule has 4 aromatic rings. The lowest BCUT2D eigenvalue weighted by atomic mass is 10.2. The highest BCUT2D eigenvalue weighted by Gasteiger charge is 2.16. The van der Waals surface area contributed by atoms with Crippen molar-refractivity contribution in [2.75, 3.05) is 17.1 Å². The van der Waals surface area contributed by atoms with Gasteiger partial charge in [0.05, 0.1) is 17.7 Å². The van der Waals surface area contributed by atoms with Crippen LogP contribution in [0.25, 0.3) is 0 Å². The van der Waals surface area contributed by atoms with Gasteiger partial charge in [-0.3, -0.25) is 9.52 Å². The summed E-state index contributed by atoms with van der Waals surface area (Å²) in [6.45, 7) is 0. The van der Waals surface area contributed by atoms with Crippen molar-refractivity contribution in [1.29, 1.82) is 0 Å². The number of aryl methyl sites for hydroxylation is 1. The summed E-state index contributed by atoms with van der Waals surface area (Å²) in [5.41, 5.74) is 1.28. The van der Waals surface area contributed by atoms with Crippen LogP contribution in [0.4, 0.5) is 10.8 Å². The van der Waals surface area contributed by atoms with E-state index in [0.29, 0.717) is 29.3 Å². The fourth-order valence-electron chi connectivity index (χ4n) is 3.09. The summed E-state index contributed by atoms with van der Waals surface area (Å²) >= 11 is 1.16. The first-order valence-corrected chi connectivity index (χ1v) is 13.0. The Morgan fingerprint density at radius 2 is 1.57 bits per heavy atom. The third kappa shape index (κ3) is 6.81. The second-order valence-electron chi connectivity index (χ2n) is 7.41. The number of para-hydroxylation sites is 1. The number of methoxy groups -OCH3 is 1. The molecule has 0 saturated carbocycles. The number of nitrogens with one attached hydrogen (secondary N) is 2. The minimum Gasteiger partial charge on any atom is -0.497 e. The van der Waals surface area contributed by atoms with E-state index >= 15 is 0 Å². The predicted octanol–water partition coefficient (Wildman–Crippen LogP) is 5.32. The summed E-state index contributed by atoms with van der Waals surface area (Å²) in [5.74, 6) is 1.80. The average molecular weight is 510 g/mol. The third-order valence-electron chi connectivity index (χ3n) is 4.87. The van der Waals surface area contributed by atoms with E-state index in [2.05, 4.69) is 15.0 Å². The van der Waals surface area contributed by atoms with Crippen LogP contribution in [0, 0.1) is 0 Å². The van der Waals surface area contributed by atoms with Crippen LogP contribution in [0.3, 0.4) is 0 Å². The smallest absolute Gasteiger partial charge is 0.263 e. The van der Waals surface area contributed by atoms with Gasteiger partial charge in [0.1, 0.15) is 17.2 Å². The number of hydrogen-bond acceptors (Lipinski definition) is 7. The van der Waals surface area contributed by atoms with Crippen LogP contribution in [0.15, 0.2) is 89.1 Å². The lowest BCUT2D eigenvalue weighted by molar-refractivity contribution is -0.116. The van der Waals surface area contributed by atoms with E-state index in [4.69, 9.17) is 9.47 Å². The Balaban J connectivity index is 1.27. The van der Waals surface area contributed by atoms with Gasteiger partial charge in [-0.25, -0.2) is 13.4 Å². The molecular formula is C25H23N3O5S2. The number of ether oxygens (including phenoxy) is 2. The highest BCUT2D eigenvalue weighted by Crippen LogP contribution is 2.24. The van der Waals surface area contributed by atoms with Crippen molar-refractivity contribution in [2.45, 2.75) is 17.7 Å². The van der Waals surface area contributed by atoms with Gasteiger partial charge in [0.15, 0.2) is 5.13 Å². The Kier molecular flexibility index (Phi) is 7.64. The maximum Gasteiger partial charge on any atom is 0.263 e. The molecule has 0 atom stereocenters. The van der Waals surface area contributed by atoms with E-state index in [1.54, 1.807) is 41.8 Å². The molecule has 4 rings (SSSR count). The van der Waals surface area contributed by atoms with Crippen molar-refractivity contribution >= 4 is 38.1 Å². The Morgan fingerprint density at radius 1 is 0.914 bits per heavy atom. The van der Waals surface area contributed by atoms with Crippen LogP contribution in [-0.2, 0) is 21.2 Å². The maximum atomic E-state index is 12.5. The first kappa shape index (κ1) is 24.2. The number of carbonyl (C=O) groups is 1. The Hall–Kier alpha value is -3.89. The number of anilines is 2. The standard InChI is InChI=1S/C25H23N3O5S2/c1-32-20-12-14-23(15-13-20)35(30,31)28-25-27-19(17-34-25)9-16-24(29)26-18-7-10-22(11-8-18)33-21-5-3-2-4-6-21/h2-8,10-15,17H,9,16H2,1H3,(H,26,29)(H,27,28). The zero-order valence-corrected chi connectivity index (χ0v) is 20.4. The molecule has 0 aliphatic heterocycles. The number of sulfonamides is 1. The predicted molar refractivity (Wildman–Crippen MR) is 136 cm³/mol. The number of nitrogens with zero attached hydrogens (tertiary/aromatic N) is 1. The van der Waals surface area contributed by atoms with E-state index in [0.717, 1.165) is 17.1 Å². The van der Waals surface area contributed by atoms with Crippen molar-refractivity contribution in [2.24, 2.45) is 0 Å². The lowest BCUT2D eigenvalue weighted by Crippen LogP contribution is -2.13. The van der Waals surface area contributed by atoms with E-state index < -0.39 is 10.0 Å². The second-order valence-corrected chi connectivity index (χ2v) is 9.95. The van der Waals surface area contributed by atoms with Crippen molar-refractivity contribution in [1.82, 2.24) is 4.98 Å². The van der Waals surface area contributed by atoms with Crippen LogP contribution in [0.1, 0.15) is 12.1 Å². The fraction of sp³-hybridized carbons (Fsp3) is 0.120. The molecule has 2 N–H and O–H groups in total. The molecule has 35 heavy (non-hydrogen) atoms. The Labute approximate surface area is 207 Å². The molecule has 0 unspecified atom stereocenters.